The lowest BCUT2D eigenvalue weighted by molar-refractivity contribution is -0.384. The third-order valence-corrected chi connectivity index (χ3v) is 5.41. The van der Waals surface area contributed by atoms with Crippen LogP contribution in [-0.4, -0.2) is 34.8 Å². The molecule has 1 heterocycles. The van der Waals surface area contributed by atoms with E-state index < -0.39 is 10.7 Å². The average molecular weight is 465 g/mol. The van der Waals surface area contributed by atoms with Gasteiger partial charge in [0.1, 0.15) is 5.82 Å². The highest BCUT2D eigenvalue weighted by Gasteiger charge is 2.29. The molecule has 1 fully saturated rings. The van der Waals surface area contributed by atoms with Gasteiger partial charge in [0, 0.05) is 42.5 Å². The van der Waals surface area contributed by atoms with E-state index in [1.807, 2.05) is 4.90 Å². The Balaban J connectivity index is 1.60. The number of benzene rings is 2. The fourth-order valence-electron chi connectivity index (χ4n) is 3.22. The molecule has 8 nitrogen and oxygen atoms in total. The van der Waals surface area contributed by atoms with Crippen LogP contribution in [0.3, 0.4) is 0 Å². The predicted octanol–water partition coefficient (Wildman–Crippen LogP) is 4.18. The van der Waals surface area contributed by atoms with E-state index in [0.717, 1.165) is 5.69 Å². The molecule has 0 aliphatic carbocycles. The molecule has 152 valence electrons. The summed E-state index contributed by atoms with van der Waals surface area (Å²) in [5.74, 6) is -1.29. The van der Waals surface area contributed by atoms with E-state index in [4.69, 9.17) is 0 Å². The van der Waals surface area contributed by atoms with Gasteiger partial charge < -0.3 is 15.4 Å². The lowest BCUT2D eigenvalue weighted by Gasteiger charge is -2.33. The molecule has 1 saturated heterocycles. The lowest BCUT2D eigenvalue weighted by Crippen LogP contribution is -2.40. The fourth-order valence-corrected chi connectivity index (χ4v) is 3.60. The molecule has 1 aliphatic heterocycles. The molecule has 0 aromatic heterocycles. The van der Waals surface area contributed by atoms with Crippen LogP contribution in [0.1, 0.15) is 12.8 Å². The highest BCUT2D eigenvalue weighted by Crippen LogP contribution is 2.26. The third-order valence-electron chi connectivity index (χ3n) is 4.81. The van der Waals surface area contributed by atoms with Gasteiger partial charge in [0.25, 0.3) is 5.69 Å². The summed E-state index contributed by atoms with van der Waals surface area (Å²) < 4.78 is 13.6. The van der Waals surface area contributed by atoms with Crippen LogP contribution in [0.15, 0.2) is 52.1 Å². The van der Waals surface area contributed by atoms with Crippen LogP contribution in [-0.2, 0) is 4.79 Å². The van der Waals surface area contributed by atoms with Gasteiger partial charge >= 0.3 is 0 Å². The molecular formula is C19H18BrFN4O4. The summed E-state index contributed by atoms with van der Waals surface area (Å²) in [5.41, 5.74) is 1.30. The number of piperidine rings is 1. The van der Waals surface area contributed by atoms with Gasteiger partial charge in [0.15, 0.2) is 0 Å². The van der Waals surface area contributed by atoms with Crippen LogP contribution < -0.4 is 10.2 Å². The molecular weight excluding hydrogens is 447 g/mol. The molecule has 0 amide bonds. The van der Waals surface area contributed by atoms with E-state index in [2.05, 4.69) is 26.4 Å². The monoisotopic (exact) mass is 464 g/mol. The summed E-state index contributed by atoms with van der Waals surface area (Å²) in [6.07, 6.45) is 1.09. The summed E-state index contributed by atoms with van der Waals surface area (Å²) in [6, 6.07) is 10.4. The van der Waals surface area contributed by atoms with E-state index in [1.165, 1.54) is 30.3 Å². The minimum Gasteiger partial charge on any atom is -0.409 e. The number of carbonyl (C=O) groups excluding carboxylic acids is 1. The Hall–Kier alpha value is -3.01. The van der Waals surface area contributed by atoms with Gasteiger partial charge in [0.2, 0.25) is 11.6 Å². The number of non-ortho nitro benzene ring substituents is 1. The molecule has 0 spiro atoms. The number of carbonyl (C=O) groups is 1. The number of nitro groups is 1. The summed E-state index contributed by atoms with van der Waals surface area (Å²) in [6.45, 7) is 1.18. The standard InChI is InChI=1S/C19H18BrFN4O4/c20-16-11-13(1-6-17(16)21)22-19(23-27)18(26)12-7-9-24(10-8-12)14-2-4-15(5-3-14)25(28)29/h1-6,11-12,27H,7-10H2,(H,22,23). The van der Waals surface area contributed by atoms with E-state index >= 15 is 0 Å². The molecule has 2 aromatic carbocycles. The van der Waals surface area contributed by atoms with Crippen molar-refractivity contribution in [3.05, 3.63) is 62.9 Å². The Kier molecular flexibility index (Phi) is 6.42. The van der Waals surface area contributed by atoms with Crippen molar-refractivity contribution < 1.29 is 19.3 Å². The summed E-state index contributed by atoms with van der Waals surface area (Å²) in [4.78, 5) is 25.1. The van der Waals surface area contributed by atoms with Crippen LogP contribution in [0.25, 0.3) is 0 Å². The first-order valence-corrected chi connectivity index (χ1v) is 9.66. The fraction of sp³-hybridized carbons (Fsp3) is 0.263. The first-order valence-electron chi connectivity index (χ1n) is 8.87. The van der Waals surface area contributed by atoms with Crippen LogP contribution in [0.5, 0.6) is 0 Å². The number of anilines is 2. The Morgan fingerprint density at radius 2 is 1.90 bits per heavy atom. The molecule has 0 bridgehead atoms. The van der Waals surface area contributed by atoms with Crippen molar-refractivity contribution in [1.29, 1.82) is 0 Å². The number of nitrogens with zero attached hydrogens (tertiary/aromatic N) is 3. The first kappa shape index (κ1) is 20.7. The molecule has 2 N–H and O–H groups in total. The van der Waals surface area contributed by atoms with Crippen molar-refractivity contribution in [2.45, 2.75) is 12.8 Å². The van der Waals surface area contributed by atoms with E-state index in [-0.39, 0.29) is 27.7 Å². The minimum absolute atomic E-state index is 0.0288. The van der Waals surface area contributed by atoms with Gasteiger partial charge in [-0.1, -0.05) is 5.16 Å². The Labute approximate surface area is 174 Å². The van der Waals surface area contributed by atoms with Gasteiger partial charge in [-0.3, -0.25) is 14.9 Å². The van der Waals surface area contributed by atoms with Gasteiger partial charge in [0.05, 0.1) is 9.40 Å². The van der Waals surface area contributed by atoms with Crippen molar-refractivity contribution >= 4 is 44.6 Å². The number of ketones is 1. The number of Topliss-reactive ketones (excluding diaryl/α,β-unsaturated/α-hetero) is 1. The molecule has 2 aromatic rings. The van der Waals surface area contributed by atoms with Crippen LogP contribution in [0.4, 0.5) is 21.5 Å². The number of hydrogen-bond donors (Lipinski definition) is 2. The second-order valence-corrected chi connectivity index (χ2v) is 7.46. The number of oxime groups is 1. The van der Waals surface area contributed by atoms with Gasteiger partial charge in [-0.25, -0.2) is 4.39 Å². The first-order chi connectivity index (χ1) is 13.9. The summed E-state index contributed by atoms with van der Waals surface area (Å²) in [7, 11) is 0. The topological polar surface area (TPSA) is 108 Å². The van der Waals surface area contributed by atoms with Gasteiger partial charge in [-0.2, -0.15) is 0 Å². The zero-order valence-electron chi connectivity index (χ0n) is 15.2. The molecule has 0 radical (unpaired) electrons. The second kappa shape index (κ2) is 8.99. The molecule has 0 saturated carbocycles. The maximum absolute atomic E-state index is 13.3. The van der Waals surface area contributed by atoms with Crippen LogP contribution in [0.2, 0.25) is 0 Å². The van der Waals surface area contributed by atoms with Crippen molar-refractivity contribution in [2.24, 2.45) is 11.1 Å². The zero-order valence-corrected chi connectivity index (χ0v) is 16.8. The normalized spacial score (nSPS) is 15.2. The van der Waals surface area contributed by atoms with Crippen LogP contribution >= 0.6 is 15.9 Å². The molecule has 0 atom stereocenters. The Morgan fingerprint density at radius 1 is 1.24 bits per heavy atom. The number of nitrogens with one attached hydrogen (secondary N) is 1. The summed E-state index contributed by atoms with van der Waals surface area (Å²) >= 11 is 3.07. The van der Waals surface area contributed by atoms with Crippen molar-refractivity contribution in [3.8, 4) is 0 Å². The van der Waals surface area contributed by atoms with E-state index in [1.54, 1.807) is 12.1 Å². The number of halogens is 2. The van der Waals surface area contributed by atoms with Crippen molar-refractivity contribution in [1.82, 2.24) is 0 Å². The minimum atomic E-state index is -0.447. The zero-order chi connectivity index (χ0) is 21.0. The molecule has 1 aliphatic rings. The third kappa shape index (κ3) is 4.89. The summed E-state index contributed by atoms with van der Waals surface area (Å²) in [5, 5.41) is 25.8. The maximum Gasteiger partial charge on any atom is 0.269 e. The van der Waals surface area contributed by atoms with Crippen molar-refractivity contribution in [3.63, 3.8) is 0 Å². The quantitative estimate of drug-likeness (QED) is 0.226. The van der Waals surface area contributed by atoms with Crippen LogP contribution in [0, 0.1) is 21.8 Å². The largest absolute Gasteiger partial charge is 0.409 e. The Bertz CT molecular complexity index is 944. The highest BCUT2D eigenvalue weighted by atomic mass is 79.9. The average Bonchev–Trinajstić information content (AvgIpc) is 2.74. The van der Waals surface area contributed by atoms with Gasteiger partial charge in [-0.05, 0) is 59.1 Å². The van der Waals surface area contributed by atoms with E-state index in [0.29, 0.717) is 31.6 Å². The number of amidine groups is 1. The molecule has 29 heavy (non-hydrogen) atoms. The Morgan fingerprint density at radius 3 is 2.45 bits per heavy atom. The number of rotatable bonds is 5. The lowest BCUT2D eigenvalue weighted by atomic mass is 9.91. The second-order valence-electron chi connectivity index (χ2n) is 6.60. The molecule has 0 unspecified atom stereocenters. The van der Waals surface area contributed by atoms with Gasteiger partial charge in [-0.15, -0.1) is 0 Å². The highest BCUT2D eigenvalue weighted by molar-refractivity contribution is 9.10. The maximum atomic E-state index is 13.3. The SMILES string of the molecule is O=C(/C(=N/O)Nc1ccc(F)c(Br)c1)C1CCN(c2ccc([N+](=O)[O-])cc2)CC1. The number of hydrogen-bond acceptors (Lipinski definition) is 6. The molecule has 10 heteroatoms. The van der Waals surface area contributed by atoms with Crippen molar-refractivity contribution in [2.75, 3.05) is 23.3 Å². The smallest absolute Gasteiger partial charge is 0.269 e. The predicted molar refractivity (Wildman–Crippen MR) is 110 cm³/mol. The number of nitro benzene ring substituents is 1. The van der Waals surface area contributed by atoms with E-state index in [9.17, 15) is 24.5 Å². The molecule has 3 rings (SSSR count).